The van der Waals surface area contributed by atoms with Crippen LogP contribution in [0.2, 0.25) is 5.02 Å². The smallest absolute Gasteiger partial charge is 0.266 e. The van der Waals surface area contributed by atoms with Gasteiger partial charge >= 0.3 is 0 Å². The molecule has 0 bridgehead atoms. The Balaban J connectivity index is 1.85. The minimum atomic E-state index is -0.539. The number of nitrogens with zero attached hydrogens (tertiary/aromatic N) is 2. The fraction of sp³-hybridized carbons (Fsp3) is 0.154. The number of hydrogen-bond donors (Lipinski definition) is 0. The fourth-order valence-corrected chi connectivity index (χ4v) is 3.58. The molecule has 0 fully saturated rings. The van der Waals surface area contributed by atoms with E-state index in [9.17, 15) is 9.18 Å². The van der Waals surface area contributed by atoms with Crippen LogP contribution < -0.4 is 5.56 Å². The molecule has 0 aliphatic carbocycles. The second-order valence-electron chi connectivity index (χ2n) is 8.43. The lowest BCUT2D eigenvalue weighted by Gasteiger charge is -2.18. The Hall–Kier alpha value is -3.24. The molecule has 0 N–H and O–H groups in total. The first kappa shape index (κ1) is 21.0. The number of aromatic nitrogens is 2. The van der Waals surface area contributed by atoms with E-state index in [1.807, 2.05) is 24.3 Å². The summed E-state index contributed by atoms with van der Waals surface area (Å²) in [4.78, 5) is 17.9. The molecule has 0 unspecified atom stereocenters. The zero-order chi connectivity index (χ0) is 22.2. The molecule has 0 aliphatic heterocycles. The van der Waals surface area contributed by atoms with Gasteiger partial charge in [-0.3, -0.25) is 9.36 Å². The third kappa shape index (κ3) is 4.30. The van der Waals surface area contributed by atoms with Gasteiger partial charge in [-0.2, -0.15) is 0 Å². The van der Waals surface area contributed by atoms with Crippen molar-refractivity contribution in [3.63, 3.8) is 0 Å². The van der Waals surface area contributed by atoms with E-state index in [1.165, 1.54) is 28.3 Å². The van der Waals surface area contributed by atoms with Crippen molar-refractivity contribution in [2.24, 2.45) is 0 Å². The molecule has 4 aromatic rings. The minimum Gasteiger partial charge on any atom is -0.268 e. The highest BCUT2D eigenvalue weighted by Gasteiger charge is 2.14. The van der Waals surface area contributed by atoms with E-state index >= 15 is 0 Å². The van der Waals surface area contributed by atoms with Crippen LogP contribution in [0, 0.1) is 5.82 Å². The van der Waals surface area contributed by atoms with E-state index < -0.39 is 5.82 Å². The highest BCUT2D eigenvalue weighted by Crippen LogP contribution is 2.23. The first-order chi connectivity index (χ1) is 14.7. The number of halogens is 2. The van der Waals surface area contributed by atoms with Crippen molar-refractivity contribution in [3.05, 3.63) is 105 Å². The highest BCUT2D eigenvalue weighted by molar-refractivity contribution is 6.30. The summed E-state index contributed by atoms with van der Waals surface area (Å²) < 4.78 is 15.2. The molecule has 0 aliphatic rings. The first-order valence-electron chi connectivity index (χ1n) is 10.00. The number of benzene rings is 3. The fourth-order valence-electron chi connectivity index (χ4n) is 3.40. The van der Waals surface area contributed by atoms with Crippen molar-refractivity contribution in [2.45, 2.75) is 26.2 Å². The predicted molar refractivity (Wildman–Crippen MR) is 126 cm³/mol. The Morgan fingerprint density at radius 2 is 1.68 bits per heavy atom. The van der Waals surface area contributed by atoms with E-state index in [0.29, 0.717) is 22.4 Å². The summed E-state index contributed by atoms with van der Waals surface area (Å²) in [5.74, 6) is -0.102. The average Bonchev–Trinajstić information content (AvgIpc) is 2.74. The van der Waals surface area contributed by atoms with Crippen LogP contribution in [0.3, 0.4) is 0 Å². The quantitative estimate of drug-likeness (QED) is 0.363. The third-order valence-electron chi connectivity index (χ3n) is 5.16. The molecule has 1 heterocycles. The van der Waals surface area contributed by atoms with E-state index in [4.69, 9.17) is 11.6 Å². The Labute approximate surface area is 185 Å². The van der Waals surface area contributed by atoms with Gasteiger partial charge in [0.05, 0.1) is 21.6 Å². The third-order valence-corrected chi connectivity index (χ3v) is 5.45. The molecular weight excluding hydrogens is 411 g/mol. The first-order valence-corrected chi connectivity index (χ1v) is 10.4. The SMILES string of the molecule is CC(C)(C)c1ccc(/C=C/c2nc3ccccc3c(=O)n2-c2ccc(F)c(Cl)c2)cc1. The molecule has 3 nitrogen and oxygen atoms in total. The normalized spacial score (nSPS) is 12.0. The number of fused-ring (bicyclic) bond motifs is 1. The second-order valence-corrected chi connectivity index (χ2v) is 8.84. The molecular formula is C26H22ClFN2O. The molecule has 0 spiro atoms. The summed E-state index contributed by atoms with van der Waals surface area (Å²) in [5.41, 5.74) is 3.11. The molecule has 0 saturated carbocycles. The van der Waals surface area contributed by atoms with Crippen LogP contribution in [0.1, 0.15) is 37.7 Å². The summed E-state index contributed by atoms with van der Waals surface area (Å²) in [5, 5.41) is 0.430. The Bertz CT molecular complexity index is 1350. The minimum absolute atomic E-state index is 0.0507. The maximum absolute atomic E-state index is 13.7. The Kier molecular flexibility index (Phi) is 5.50. The van der Waals surface area contributed by atoms with Crippen LogP contribution in [0.25, 0.3) is 28.7 Å². The maximum Gasteiger partial charge on any atom is 0.266 e. The average molecular weight is 433 g/mol. The van der Waals surface area contributed by atoms with Crippen molar-refractivity contribution in [1.29, 1.82) is 0 Å². The highest BCUT2D eigenvalue weighted by atomic mass is 35.5. The molecule has 1 aromatic heterocycles. The summed E-state index contributed by atoms with van der Waals surface area (Å²) in [6.45, 7) is 6.51. The van der Waals surface area contributed by atoms with Gasteiger partial charge in [-0.05, 0) is 52.9 Å². The summed E-state index contributed by atoms with van der Waals surface area (Å²) in [6, 6.07) is 19.6. The number of para-hydroxylation sites is 1. The van der Waals surface area contributed by atoms with Gasteiger partial charge in [-0.25, -0.2) is 9.37 Å². The van der Waals surface area contributed by atoms with Crippen molar-refractivity contribution in [3.8, 4) is 5.69 Å². The molecule has 3 aromatic carbocycles. The monoisotopic (exact) mass is 432 g/mol. The van der Waals surface area contributed by atoms with E-state index in [0.717, 1.165) is 5.56 Å². The van der Waals surface area contributed by atoms with E-state index in [-0.39, 0.29) is 16.0 Å². The van der Waals surface area contributed by atoms with Gasteiger partial charge in [0.1, 0.15) is 11.6 Å². The van der Waals surface area contributed by atoms with Gasteiger partial charge in [-0.15, -0.1) is 0 Å². The summed E-state index contributed by atoms with van der Waals surface area (Å²) in [6.07, 6.45) is 3.70. The molecule has 0 amide bonds. The van der Waals surface area contributed by atoms with Crippen LogP contribution >= 0.6 is 11.6 Å². The predicted octanol–water partition coefficient (Wildman–Crippen LogP) is 6.65. The van der Waals surface area contributed by atoms with Gasteiger partial charge in [0.15, 0.2) is 0 Å². The van der Waals surface area contributed by atoms with Crippen LogP contribution in [0.4, 0.5) is 4.39 Å². The molecule has 0 saturated heterocycles. The Morgan fingerprint density at radius 3 is 2.35 bits per heavy atom. The zero-order valence-corrected chi connectivity index (χ0v) is 18.3. The molecule has 31 heavy (non-hydrogen) atoms. The number of rotatable bonds is 3. The topological polar surface area (TPSA) is 34.9 Å². The van der Waals surface area contributed by atoms with E-state index in [2.05, 4.69) is 37.9 Å². The molecule has 0 radical (unpaired) electrons. The van der Waals surface area contributed by atoms with Gasteiger partial charge in [-0.1, -0.05) is 74.8 Å². The summed E-state index contributed by atoms with van der Waals surface area (Å²) >= 11 is 5.98. The van der Waals surface area contributed by atoms with Crippen LogP contribution in [-0.2, 0) is 5.41 Å². The van der Waals surface area contributed by atoms with Crippen molar-refractivity contribution < 1.29 is 4.39 Å². The standard InChI is InChI=1S/C26H22ClFN2O/c1-26(2,3)18-11-8-17(9-12-18)10-15-24-29-23-7-5-4-6-20(23)25(31)30(24)19-13-14-22(28)21(27)16-19/h4-16H,1-3H3/b15-10+. The van der Waals surface area contributed by atoms with Crippen LogP contribution in [0.15, 0.2) is 71.5 Å². The lowest BCUT2D eigenvalue weighted by Crippen LogP contribution is -2.22. The zero-order valence-electron chi connectivity index (χ0n) is 17.6. The van der Waals surface area contributed by atoms with Gasteiger partial charge in [0.2, 0.25) is 0 Å². The Morgan fingerprint density at radius 1 is 0.968 bits per heavy atom. The number of hydrogen-bond acceptors (Lipinski definition) is 2. The van der Waals surface area contributed by atoms with Crippen molar-refractivity contribution in [2.75, 3.05) is 0 Å². The van der Waals surface area contributed by atoms with Crippen molar-refractivity contribution in [1.82, 2.24) is 9.55 Å². The van der Waals surface area contributed by atoms with Gasteiger partial charge < -0.3 is 0 Å². The molecule has 0 atom stereocenters. The maximum atomic E-state index is 13.7. The van der Waals surface area contributed by atoms with E-state index in [1.54, 1.807) is 24.3 Å². The lowest BCUT2D eigenvalue weighted by atomic mass is 9.87. The van der Waals surface area contributed by atoms with Gasteiger partial charge in [0, 0.05) is 0 Å². The second kappa shape index (κ2) is 8.12. The van der Waals surface area contributed by atoms with Crippen LogP contribution in [-0.4, -0.2) is 9.55 Å². The molecule has 5 heteroatoms. The molecule has 4 rings (SSSR count). The van der Waals surface area contributed by atoms with Crippen LogP contribution in [0.5, 0.6) is 0 Å². The molecule has 156 valence electrons. The van der Waals surface area contributed by atoms with Gasteiger partial charge in [0.25, 0.3) is 5.56 Å². The summed E-state index contributed by atoms with van der Waals surface area (Å²) in [7, 11) is 0. The lowest BCUT2D eigenvalue weighted by molar-refractivity contribution is 0.590. The van der Waals surface area contributed by atoms with Crippen molar-refractivity contribution >= 4 is 34.7 Å². The largest absolute Gasteiger partial charge is 0.268 e.